The molecule has 1 aromatic rings. The van der Waals surface area contributed by atoms with Crippen LogP contribution in [0.2, 0.25) is 0 Å². The molecular formula is C15H19FN2O4S. The molecule has 1 saturated heterocycles. The summed E-state index contributed by atoms with van der Waals surface area (Å²) in [6.45, 7) is 4.68. The highest BCUT2D eigenvalue weighted by Crippen LogP contribution is 2.18. The molecule has 6 nitrogen and oxygen atoms in total. The molecule has 1 fully saturated rings. The molecule has 126 valence electrons. The van der Waals surface area contributed by atoms with Crippen LogP contribution in [0.5, 0.6) is 0 Å². The van der Waals surface area contributed by atoms with Crippen LogP contribution >= 0.6 is 0 Å². The second kappa shape index (κ2) is 6.76. The third-order valence-corrected chi connectivity index (χ3v) is 5.41. The molecule has 8 heteroatoms. The highest BCUT2D eigenvalue weighted by molar-refractivity contribution is 7.92. The van der Waals surface area contributed by atoms with Crippen LogP contribution in [-0.2, 0) is 14.6 Å². The maximum atomic E-state index is 13.8. The van der Waals surface area contributed by atoms with Gasteiger partial charge in [-0.05, 0) is 32.0 Å². The molecular weight excluding hydrogens is 323 g/mol. The number of amides is 1. The number of piperazine rings is 1. The Hall–Kier alpha value is -1.80. The molecule has 1 heterocycles. The van der Waals surface area contributed by atoms with Crippen molar-refractivity contribution < 1.29 is 22.4 Å². The molecule has 0 unspecified atom stereocenters. The molecule has 0 aliphatic carbocycles. The van der Waals surface area contributed by atoms with Crippen LogP contribution in [0.25, 0.3) is 0 Å². The van der Waals surface area contributed by atoms with Gasteiger partial charge in [0.1, 0.15) is 11.6 Å². The monoisotopic (exact) mass is 342 g/mol. The van der Waals surface area contributed by atoms with E-state index in [0.717, 1.165) is 18.2 Å². The lowest BCUT2D eigenvalue weighted by Gasteiger charge is -2.33. The van der Waals surface area contributed by atoms with Gasteiger partial charge in [-0.15, -0.1) is 0 Å². The van der Waals surface area contributed by atoms with E-state index < -0.39 is 33.1 Å². The summed E-state index contributed by atoms with van der Waals surface area (Å²) >= 11 is 0. The Balaban J connectivity index is 2.20. The van der Waals surface area contributed by atoms with Crippen molar-refractivity contribution in [2.75, 3.05) is 25.4 Å². The van der Waals surface area contributed by atoms with E-state index in [1.807, 2.05) is 6.92 Å². The molecule has 1 aliphatic heterocycles. The van der Waals surface area contributed by atoms with Crippen LogP contribution < -0.4 is 5.32 Å². The third kappa shape index (κ3) is 3.94. The van der Waals surface area contributed by atoms with Gasteiger partial charge in [0.15, 0.2) is 15.6 Å². The van der Waals surface area contributed by atoms with Crippen molar-refractivity contribution in [1.29, 1.82) is 0 Å². The van der Waals surface area contributed by atoms with E-state index in [1.54, 1.807) is 0 Å². The number of ketones is 1. The number of hydrogen-bond donors (Lipinski definition) is 1. The Bertz CT molecular complexity index is 733. The maximum absolute atomic E-state index is 13.8. The molecule has 2 rings (SSSR count). The predicted molar refractivity (Wildman–Crippen MR) is 82.5 cm³/mol. The predicted octanol–water partition coefficient (Wildman–Crippen LogP) is 0.622. The molecule has 0 aromatic heterocycles. The first-order valence-corrected chi connectivity index (χ1v) is 8.91. The van der Waals surface area contributed by atoms with Gasteiger partial charge in [-0.25, -0.2) is 12.8 Å². The van der Waals surface area contributed by atoms with Crippen LogP contribution in [0.1, 0.15) is 24.2 Å². The first-order valence-electron chi connectivity index (χ1n) is 7.26. The average Bonchev–Trinajstić information content (AvgIpc) is 2.46. The van der Waals surface area contributed by atoms with E-state index in [-0.39, 0.29) is 16.5 Å². The fourth-order valence-corrected chi connectivity index (χ4v) is 3.73. The molecule has 1 aromatic carbocycles. The van der Waals surface area contributed by atoms with Crippen molar-refractivity contribution in [3.63, 3.8) is 0 Å². The molecule has 0 saturated carbocycles. The molecule has 1 atom stereocenters. The standard InChI is InChI=1S/C15H19FN2O4S/c1-10-8-17-5-6-18(10)15(20)9-23(21,22)12-3-4-13(11(2)19)14(16)7-12/h3-4,7,10,17H,5-6,8-9H2,1-2H3/t10-/m0/s1. The van der Waals surface area contributed by atoms with E-state index in [9.17, 15) is 22.4 Å². The van der Waals surface area contributed by atoms with Gasteiger partial charge in [0, 0.05) is 25.7 Å². The van der Waals surface area contributed by atoms with Crippen LogP contribution in [0.3, 0.4) is 0 Å². The molecule has 0 radical (unpaired) electrons. The van der Waals surface area contributed by atoms with Crippen molar-refractivity contribution in [2.24, 2.45) is 0 Å². The topological polar surface area (TPSA) is 83.5 Å². The number of hydrogen-bond acceptors (Lipinski definition) is 5. The zero-order valence-electron chi connectivity index (χ0n) is 13.0. The molecule has 0 bridgehead atoms. The van der Waals surface area contributed by atoms with E-state index >= 15 is 0 Å². The summed E-state index contributed by atoms with van der Waals surface area (Å²) in [7, 11) is -3.96. The fraction of sp³-hybridized carbons (Fsp3) is 0.467. The quantitative estimate of drug-likeness (QED) is 0.811. The number of Topliss-reactive ketones (excluding diaryl/α,β-unsaturated/α-hetero) is 1. The third-order valence-electron chi connectivity index (χ3n) is 3.81. The highest BCUT2D eigenvalue weighted by atomic mass is 32.2. The maximum Gasteiger partial charge on any atom is 0.238 e. The SMILES string of the molecule is CC(=O)c1ccc(S(=O)(=O)CC(=O)N2CCNC[C@@H]2C)cc1F. The van der Waals surface area contributed by atoms with Crippen molar-refractivity contribution in [3.8, 4) is 0 Å². The van der Waals surface area contributed by atoms with Gasteiger partial charge in [-0.1, -0.05) is 0 Å². The van der Waals surface area contributed by atoms with Gasteiger partial charge in [-0.2, -0.15) is 0 Å². The van der Waals surface area contributed by atoms with Gasteiger partial charge < -0.3 is 10.2 Å². The van der Waals surface area contributed by atoms with E-state index in [4.69, 9.17) is 0 Å². The first-order chi connectivity index (χ1) is 10.7. The summed E-state index contributed by atoms with van der Waals surface area (Å²) < 4.78 is 38.4. The Morgan fingerprint density at radius 2 is 2.09 bits per heavy atom. The van der Waals surface area contributed by atoms with E-state index in [0.29, 0.717) is 19.6 Å². The molecule has 23 heavy (non-hydrogen) atoms. The summed E-state index contributed by atoms with van der Waals surface area (Å²) in [5.41, 5.74) is -0.175. The Morgan fingerprint density at radius 1 is 1.39 bits per heavy atom. The average molecular weight is 342 g/mol. The van der Waals surface area contributed by atoms with Crippen LogP contribution in [0, 0.1) is 5.82 Å². The van der Waals surface area contributed by atoms with Gasteiger partial charge in [0.2, 0.25) is 5.91 Å². The minimum Gasteiger partial charge on any atom is -0.337 e. The summed E-state index contributed by atoms with van der Waals surface area (Å²) in [6.07, 6.45) is 0. The second-order valence-electron chi connectivity index (χ2n) is 5.60. The number of rotatable bonds is 4. The minimum absolute atomic E-state index is 0.0942. The molecule has 1 N–H and O–H groups in total. The van der Waals surface area contributed by atoms with Crippen LogP contribution in [-0.4, -0.2) is 56.4 Å². The van der Waals surface area contributed by atoms with E-state index in [2.05, 4.69) is 5.32 Å². The lowest BCUT2D eigenvalue weighted by molar-refractivity contribution is -0.131. The Labute approximate surface area is 134 Å². The number of nitrogens with one attached hydrogen (secondary N) is 1. The number of carbonyl (C=O) groups excluding carboxylic acids is 2. The van der Waals surface area contributed by atoms with Gasteiger partial charge >= 0.3 is 0 Å². The van der Waals surface area contributed by atoms with Crippen LogP contribution in [0.15, 0.2) is 23.1 Å². The smallest absolute Gasteiger partial charge is 0.238 e. The second-order valence-corrected chi connectivity index (χ2v) is 7.59. The summed E-state index contributed by atoms with van der Waals surface area (Å²) in [6, 6.07) is 2.98. The van der Waals surface area contributed by atoms with Gasteiger partial charge in [-0.3, -0.25) is 9.59 Å². The first kappa shape index (κ1) is 17.6. The van der Waals surface area contributed by atoms with Crippen molar-refractivity contribution in [1.82, 2.24) is 10.2 Å². The van der Waals surface area contributed by atoms with Gasteiger partial charge in [0.05, 0.1) is 10.5 Å². The highest BCUT2D eigenvalue weighted by Gasteiger charge is 2.28. The number of nitrogens with zero attached hydrogens (tertiary/aromatic N) is 1. The summed E-state index contributed by atoms with van der Waals surface area (Å²) in [4.78, 5) is 24.6. The van der Waals surface area contributed by atoms with Gasteiger partial charge in [0.25, 0.3) is 0 Å². The number of carbonyl (C=O) groups is 2. The molecule has 0 spiro atoms. The van der Waals surface area contributed by atoms with Crippen LogP contribution in [0.4, 0.5) is 4.39 Å². The minimum atomic E-state index is -3.96. The van der Waals surface area contributed by atoms with E-state index in [1.165, 1.54) is 11.8 Å². The summed E-state index contributed by atoms with van der Waals surface area (Å²) in [5.74, 6) is -2.61. The normalized spacial score (nSPS) is 18.7. The largest absolute Gasteiger partial charge is 0.337 e. The van der Waals surface area contributed by atoms with Crippen molar-refractivity contribution in [3.05, 3.63) is 29.6 Å². The zero-order valence-corrected chi connectivity index (χ0v) is 13.8. The Kier molecular flexibility index (Phi) is 5.16. The number of benzene rings is 1. The molecule has 1 aliphatic rings. The number of sulfone groups is 1. The summed E-state index contributed by atoms with van der Waals surface area (Å²) in [5, 5.41) is 3.11. The number of halogens is 1. The lowest BCUT2D eigenvalue weighted by Crippen LogP contribution is -2.53. The van der Waals surface area contributed by atoms with Crippen molar-refractivity contribution >= 4 is 21.5 Å². The fourth-order valence-electron chi connectivity index (χ4n) is 2.52. The molecule has 1 amide bonds. The lowest BCUT2D eigenvalue weighted by atomic mass is 10.1. The van der Waals surface area contributed by atoms with Crippen molar-refractivity contribution in [2.45, 2.75) is 24.8 Å². The zero-order chi connectivity index (χ0) is 17.2. The Morgan fingerprint density at radius 3 is 2.65 bits per heavy atom.